The summed E-state index contributed by atoms with van der Waals surface area (Å²) in [5, 5.41) is 2.94. The zero-order valence-corrected chi connectivity index (χ0v) is 10.6. The molecule has 0 aliphatic carbocycles. The number of hydrogen-bond acceptors (Lipinski definition) is 2. The lowest BCUT2D eigenvalue weighted by Gasteiger charge is -2.29. The number of nitrogens with one attached hydrogen (secondary N) is 1. The third kappa shape index (κ3) is 3.54. The van der Waals surface area contributed by atoms with Crippen molar-refractivity contribution >= 4 is 5.91 Å². The Kier molecular flexibility index (Phi) is 5.98. The molecule has 2 rings (SSSR count). The average molecular weight is 224 g/mol. The third-order valence-electron chi connectivity index (χ3n) is 2.93. The van der Waals surface area contributed by atoms with Crippen LogP contribution in [-0.4, -0.2) is 30.4 Å². The van der Waals surface area contributed by atoms with E-state index in [0.717, 1.165) is 38.2 Å². The highest BCUT2D eigenvalue weighted by Gasteiger charge is 2.20. The zero-order valence-electron chi connectivity index (χ0n) is 10.6. The molecular weight excluding hydrogens is 200 g/mol. The van der Waals surface area contributed by atoms with Crippen LogP contribution in [-0.2, 0) is 4.79 Å². The number of allylic oxidation sites excluding steroid dienone is 1. The molecule has 1 amide bonds. The van der Waals surface area contributed by atoms with Gasteiger partial charge in [-0.1, -0.05) is 19.9 Å². The van der Waals surface area contributed by atoms with Crippen molar-refractivity contribution in [3.63, 3.8) is 0 Å². The molecule has 0 spiro atoms. The van der Waals surface area contributed by atoms with Crippen LogP contribution >= 0.6 is 0 Å². The van der Waals surface area contributed by atoms with E-state index in [1.807, 2.05) is 13.8 Å². The normalized spacial score (nSPS) is 21.2. The molecule has 2 heterocycles. The van der Waals surface area contributed by atoms with Gasteiger partial charge in [0.1, 0.15) is 0 Å². The molecule has 0 saturated carbocycles. The number of likely N-dealkylation sites (tertiary alicyclic amines) is 1. The monoisotopic (exact) mass is 224 g/mol. The van der Waals surface area contributed by atoms with Crippen molar-refractivity contribution in [1.82, 2.24) is 10.2 Å². The maximum absolute atomic E-state index is 11.7. The molecule has 2 aliphatic heterocycles. The van der Waals surface area contributed by atoms with E-state index in [1.165, 1.54) is 19.3 Å². The van der Waals surface area contributed by atoms with E-state index in [0.29, 0.717) is 0 Å². The van der Waals surface area contributed by atoms with Gasteiger partial charge in [-0.15, -0.1) is 0 Å². The van der Waals surface area contributed by atoms with Crippen LogP contribution in [0.5, 0.6) is 0 Å². The van der Waals surface area contributed by atoms with Crippen molar-refractivity contribution in [2.75, 3.05) is 19.6 Å². The SMILES string of the molecule is CC.O=C1NCCCC=C1N1CCCCC1. The molecule has 16 heavy (non-hydrogen) atoms. The molecule has 1 N–H and O–H groups in total. The summed E-state index contributed by atoms with van der Waals surface area (Å²) >= 11 is 0. The second-order valence-electron chi connectivity index (χ2n) is 4.04. The highest BCUT2D eigenvalue weighted by atomic mass is 16.2. The number of carbonyl (C=O) groups is 1. The van der Waals surface area contributed by atoms with Crippen molar-refractivity contribution in [1.29, 1.82) is 0 Å². The number of carbonyl (C=O) groups excluding carboxylic acids is 1. The molecule has 1 saturated heterocycles. The van der Waals surface area contributed by atoms with Crippen LogP contribution in [0, 0.1) is 0 Å². The second kappa shape index (κ2) is 7.31. The Bertz CT molecular complexity index is 242. The minimum Gasteiger partial charge on any atom is -0.367 e. The van der Waals surface area contributed by atoms with Gasteiger partial charge in [0.25, 0.3) is 5.91 Å². The predicted molar refractivity (Wildman–Crippen MR) is 67.1 cm³/mol. The van der Waals surface area contributed by atoms with E-state index in [1.54, 1.807) is 0 Å². The summed E-state index contributed by atoms with van der Waals surface area (Å²) in [6, 6.07) is 0. The number of nitrogens with zero attached hydrogens (tertiary/aromatic N) is 1. The second-order valence-corrected chi connectivity index (χ2v) is 4.04. The fourth-order valence-corrected chi connectivity index (χ4v) is 2.13. The summed E-state index contributed by atoms with van der Waals surface area (Å²) in [6.45, 7) is 6.94. The first-order valence-electron chi connectivity index (χ1n) is 6.61. The van der Waals surface area contributed by atoms with Gasteiger partial charge in [0.05, 0.1) is 5.70 Å². The van der Waals surface area contributed by atoms with Crippen LogP contribution in [0.4, 0.5) is 0 Å². The van der Waals surface area contributed by atoms with Crippen LogP contribution in [0.1, 0.15) is 46.0 Å². The standard InChI is InChI=1S/C11H18N2O.C2H6/c14-11-10(6-2-3-7-12-11)13-8-4-1-5-9-13;1-2/h6H,1-5,7-9H2,(H,12,14);1-2H3. The summed E-state index contributed by atoms with van der Waals surface area (Å²) in [5.41, 5.74) is 0.919. The summed E-state index contributed by atoms with van der Waals surface area (Å²) in [7, 11) is 0. The van der Waals surface area contributed by atoms with E-state index in [2.05, 4.69) is 16.3 Å². The molecule has 0 unspecified atom stereocenters. The van der Waals surface area contributed by atoms with E-state index >= 15 is 0 Å². The molecule has 2 aliphatic rings. The van der Waals surface area contributed by atoms with Crippen molar-refractivity contribution in [2.24, 2.45) is 0 Å². The molecule has 0 atom stereocenters. The highest BCUT2D eigenvalue weighted by molar-refractivity contribution is 5.93. The van der Waals surface area contributed by atoms with Gasteiger partial charge in [0, 0.05) is 19.6 Å². The lowest BCUT2D eigenvalue weighted by Crippen LogP contribution is -2.37. The van der Waals surface area contributed by atoms with Gasteiger partial charge in [-0.3, -0.25) is 4.79 Å². The summed E-state index contributed by atoms with van der Waals surface area (Å²) < 4.78 is 0. The summed E-state index contributed by atoms with van der Waals surface area (Å²) in [4.78, 5) is 13.9. The molecule has 3 nitrogen and oxygen atoms in total. The number of amides is 1. The Morgan fingerprint density at radius 1 is 1.12 bits per heavy atom. The molecule has 92 valence electrons. The van der Waals surface area contributed by atoms with Gasteiger partial charge in [-0.2, -0.15) is 0 Å². The Hall–Kier alpha value is -0.990. The van der Waals surface area contributed by atoms with Gasteiger partial charge < -0.3 is 10.2 Å². The average Bonchev–Trinajstić information content (AvgIpc) is 2.58. The lowest BCUT2D eigenvalue weighted by atomic mass is 10.1. The Morgan fingerprint density at radius 2 is 1.81 bits per heavy atom. The Labute approximate surface area is 98.9 Å². The van der Waals surface area contributed by atoms with Crippen LogP contribution in [0.3, 0.4) is 0 Å². The maximum Gasteiger partial charge on any atom is 0.267 e. The first-order valence-corrected chi connectivity index (χ1v) is 6.61. The van der Waals surface area contributed by atoms with Gasteiger partial charge >= 0.3 is 0 Å². The number of hydrogen-bond donors (Lipinski definition) is 1. The molecule has 0 aromatic rings. The van der Waals surface area contributed by atoms with Gasteiger partial charge in [-0.25, -0.2) is 0 Å². The van der Waals surface area contributed by atoms with E-state index in [9.17, 15) is 4.79 Å². The zero-order chi connectivity index (χ0) is 11.8. The van der Waals surface area contributed by atoms with Gasteiger partial charge in [0.15, 0.2) is 0 Å². The molecule has 3 heteroatoms. The van der Waals surface area contributed by atoms with Gasteiger partial charge in [-0.05, 0) is 32.1 Å². The smallest absolute Gasteiger partial charge is 0.267 e. The first-order chi connectivity index (χ1) is 7.88. The van der Waals surface area contributed by atoms with Crippen molar-refractivity contribution in [3.05, 3.63) is 11.8 Å². The summed E-state index contributed by atoms with van der Waals surface area (Å²) in [6.07, 6.45) is 7.97. The van der Waals surface area contributed by atoms with Crippen LogP contribution in [0.2, 0.25) is 0 Å². The fraction of sp³-hybridized carbons (Fsp3) is 0.769. The van der Waals surface area contributed by atoms with Crippen LogP contribution in [0.15, 0.2) is 11.8 Å². The quantitative estimate of drug-likeness (QED) is 0.741. The maximum atomic E-state index is 11.7. The molecular formula is C13H24N2O. The molecule has 1 fully saturated rings. The van der Waals surface area contributed by atoms with E-state index in [-0.39, 0.29) is 5.91 Å². The highest BCUT2D eigenvalue weighted by Crippen LogP contribution is 2.16. The Morgan fingerprint density at radius 3 is 2.50 bits per heavy atom. The van der Waals surface area contributed by atoms with Crippen molar-refractivity contribution in [3.8, 4) is 0 Å². The number of rotatable bonds is 1. The summed E-state index contributed by atoms with van der Waals surface area (Å²) in [5.74, 6) is 0.129. The Balaban J connectivity index is 0.000000606. The molecule has 0 radical (unpaired) electrons. The van der Waals surface area contributed by atoms with E-state index < -0.39 is 0 Å². The molecule has 0 bridgehead atoms. The number of piperidine rings is 1. The minimum absolute atomic E-state index is 0.129. The van der Waals surface area contributed by atoms with E-state index in [4.69, 9.17) is 0 Å². The topological polar surface area (TPSA) is 32.3 Å². The van der Waals surface area contributed by atoms with Gasteiger partial charge in [0.2, 0.25) is 0 Å². The lowest BCUT2D eigenvalue weighted by molar-refractivity contribution is -0.119. The van der Waals surface area contributed by atoms with Crippen molar-refractivity contribution in [2.45, 2.75) is 46.0 Å². The molecule has 0 aromatic carbocycles. The van der Waals surface area contributed by atoms with Crippen LogP contribution in [0.25, 0.3) is 0 Å². The van der Waals surface area contributed by atoms with Crippen LogP contribution < -0.4 is 5.32 Å². The molecule has 0 aromatic heterocycles. The fourth-order valence-electron chi connectivity index (χ4n) is 2.13. The minimum atomic E-state index is 0.129. The first kappa shape index (κ1) is 13.1. The van der Waals surface area contributed by atoms with Crippen molar-refractivity contribution < 1.29 is 4.79 Å². The third-order valence-corrected chi connectivity index (χ3v) is 2.93. The predicted octanol–water partition coefficient (Wildman–Crippen LogP) is 2.29. The largest absolute Gasteiger partial charge is 0.367 e.